The molecule has 0 aliphatic heterocycles. The Kier molecular flexibility index (Phi) is 10.5. The van der Waals surface area contributed by atoms with E-state index in [4.69, 9.17) is 4.42 Å². The molecule has 0 aliphatic carbocycles. The first-order chi connectivity index (χ1) is 35.2. The zero-order chi connectivity index (χ0) is 47.1. The number of furan rings is 1. The molecule has 3 nitrogen and oxygen atoms in total. The van der Waals surface area contributed by atoms with Gasteiger partial charge in [0.15, 0.2) is 0 Å². The van der Waals surface area contributed by atoms with Gasteiger partial charge in [-0.2, -0.15) is 0 Å². The second-order valence-electron chi connectivity index (χ2n) is 18.1. The highest BCUT2D eigenvalue weighted by Crippen LogP contribution is 2.48. The van der Waals surface area contributed by atoms with E-state index >= 15 is 0 Å². The van der Waals surface area contributed by atoms with Gasteiger partial charge in [-0.15, -0.1) is 0 Å². The molecular weight excluding hydrogens is 861 g/mol. The molecular formula is C68H46N2O. The van der Waals surface area contributed by atoms with E-state index in [-0.39, 0.29) is 0 Å². The van der Waals surface area contributed by atoms with Gasteiger partial charge in [0.25, 0.3) is 0 Å². The number of hydrogen-bond acceptors (Lipinski definition) is 3. The molecule has 3 heteroatoms. The van der Waals surface area contributed by atoms with Crippen LogP contribution in [0.25, 0.3) is 88.0 Å². The Labute approximate surface area is 413 Å². The maximum atomic E-state index is 6.60. The molecule has 0 aliphatic rings. The molecule has 0 amide bonds. The molecule has 0 bridgehead atoms. The summed E-state index contributed by atoms with van der Waals surface area (Å²) in [7, 11) is 0. The smallest absolute Gasteiger partial charge is 0.137 e. The third-order valence-corrected chi connectivity index (χ3v) is 13.8. The Morgan fingerprint density at radius 2 is 0.662 bits per heavy atom. The molecule has 0 saturated heterocycles. The van der Waals surface area contributed by atoms with Crippen molar-refractivity contribution in [2.45, 2.75) is 0 Å². The van der Waals surface area contributed by atoms with Crippen molar-refractivity contribution < 1.29 is 4.42 Å². The fraction of sp³-hybridized carbons (Fsp3) is 0. The largest absolute Gasteiger partial charge is 0.456 e. The highest BCUT2D eigenvalue weighted by atomic mass is 16.3. The third kappa shape index (κ3) is 7.76. The van der Waals surface area contributed by atoms with E-state index < -0.39 is 0 Å². The Balaban J connectivity index is 1.09. The fourth-order valence-corrected chi connectivity index (χ4v) is 10.4. The summed E-state index contributed by atoms with van der Waals surface area (Å²) < 4.78 is 6.60. The van der Waals surface area contributed by atoms with Crippen LogP contribution in [0, 0.1) is 0 Å². The Morgan fingerprint density at radius 1 is 0.239 bits per heavy atom. The van der Waals surface area contributed by atoms with E-state index in [0.29, 0.717) is 0 Å². The van der Waals surface area contributed by atoms with Crippen LogP contribution in [0.2, 0.25) is 0 Å². The highest BCUT2D eigenvalue weighted by molar-refractivity contribution is 6.15. The van der Waals surface area contributed by atoms with E-state index in [1.54, 1.807) is 0 Å². The normalized spacial score (nSPS) is 11.4. The number of benzene rings is 12. The molecule has 71 heavy (non-hydrogen) atoms. The predicted octanol–water partition coefficient (Wildman–Crippen LogP) is 19.5. The maximum Gasteiger partial charge on any atom is 0.137 e. The molecule has 0 radical (unpaired) electrons. The van der Waals surface area contributed by atoms with E-state index in [9.17, 15) is 0 Å². The van der Waals surface area contributed by atoms with Crippen LogP contribution >= 0.6 is 0 Å². The summed E-state index contributed by atoms with van der Waals surface area (Å²) in [5, 5.41) is 6.98. The molecule has 13 aromatic rings. The van der Waals surface area contributed by atoms with Gasteiger partial charge in [0.05, 0.1) is 11.1 Å². The standard InChI is InChI=1S/C68H46N2O/c1-4-17-47(18-5-1)50-31-37-55(38-32-50)69(56-39-33-51(34-40-56)48-19-6-2-7-20-48)58-43-54(64-45-53-23-10-11-24-60(53)61-25-12-13-26-62(61)64)44-59(46-58)70(57-41-35-52(36-42-57)49-21-8-3-9-22-49)65-28-16-30-67-68(65)63-27-14-15-29-66(63)71-67/h1-46H. The maximum absolute atomic E-state index is 6.60. The monoisotopic (exact) mass is 906 g/mol. The molecule has 334 valence electrons. The average molecular weight is 907 g/mol. The van der Waals surface area contributed by atoms with Gasteiger partial charge in [0, 0.05) is 33.8 Å². The van der Waals surface area contributed by atoms with E-state index in [0.717, 1.165) is 83.9 Å². The van der Waals surface area contributed by atoms with Gasteiger partial charge in [-0.05, 0) is 145 Å². The molecule has 0 saturated carbocycles. The zero-order valence-corrected chi connectivity index (χ0v) is 38.9. The Bertz CT molecular complexity index is 3930. The summed E-state index contributed by atoms with van der Waals surface area (Å²) in [5.74, 6) is 0. The van der Waals surface area contributed by atoms with E-state index in [1.165, 1.54) is 38.2 Å². The van der Waals surface area contributed by atoms with Crippen molar-refractivity contribution >= 4 is 77.6 Å². The van der Waals surface area contributed by atoms with Crippen molar-refractivity contribution in [3.63, 3.8) is 0 Å². The minimum Gasteiger partial charge on any atom is -0.456 e. The second kappa shape index (κ2) is 17.9. The molecule has 0 N–H and O–H groups in total. The molecule has 0 spiro atoms. The zero-order valence-electron chi connectivity index (χ0n) is 38.9. The van der Waals surface area contributed by atoms with Crippen molar-refractivity contribution in [1.29, 1.82) is 0 Å². The number of anilines is 6. The summed E-state index contributed by atoms with van der Waals surface area (Å²) in [6, 6.07) is 101. The van der Waals surface area contributed by atoms with Gasteiger partial charge in [0.2, 0.25) is 0 Å². The first kappa shape index (κ1) is 41.7. The van der Waals surface area contributed by atoms with Gasteiger partial charge >= 0.3 is 0 Å². The average Bonchev–Trinajstić information content (AvgIpc) is 3.84. The van der Waals surface area contributed by atoms with Crippen molar-refractivity contribution in [1.82, 2.24) is 0 Å². The lowest BCUT2D eigenvalue weighted by Crippen LogP contribution is -2.14. The van der Waals surface area contributed by atoms with Crippen LogP contribution in [0.5, 0.6) is 0 Å². The summed E-state index contributed by atoms with van der Waals surface area (Å²) >= 11 is 0. The third-order valence-electron chi connectivity index (χ3n) is 13.8. The first-order valence-corrected chi connectivity index (χ1v) is 24.2. The Morgan fingerprint density at radius 3 is 1.23 bits per heavy atom. The van der Waals surface area contributed by atoms with Crippen molar-refractivity contribution in [2.24, 2.45) is 0 Å². The molecule has 1 aromatic heterocycles. The van der Waals surface area contributed by atoms with Crippen LogP contribution in [0.4, 0.5) is 34.1 Å². The van der Waals surface area contributed by atoms with Gasteiger partial charge < -0.3 is 14.2 Å². The number of nitrogens with zero attached hydrogens (tertiary/aromatic N) is 2. The number of fused-ring (bicyclic) bond motifs is 6. The van der Waals surface area contributed by atoms with E-state index in [1.807, 2.05) is 6.07 Å². The van der Waals surface area contributed by atoms with Crippen molar-refractivity contribution in [3.8, 4) is 44.5 Å². The number of hydrogen-bond donors (Lipinski definition) is 0. The minimum atomic E-state index is 0.838. The lowest BCUT2D eigenvalue weighted by atomic mass is 9.92. The fourth-order valence-electron chi connectivity index (χ4n) is 10.4. The second-order valence-corrected chi connectivity index (χ2v) is 18.1. The number of rotatable bonds is 10. The van der Waals surface area contributed by atoms with Gasteiger partial charge in [-0.25, -0.2) is 0 Å². The van der Waals surface area contributed by atoms with Gasteiger partial charge in [-0.1, -0.05) is 200 Å². The molecule has 12 aromatic carbocycles. The molecule has 0 unspecified atom stereocenters. The van der Waals surface area contributed by atoms with Gasteiger partial charge in [-0.3, -0.25) is 0 Å². The summed E-state index contributed by atoms with van der Waals surface area (Å²) in [5.41, 5.74) is 17.1. The molecule has 1 heterocycles. The van der Waals surface area contributed by atoms with Crippen LogP contribution in [-0.4, -0.2) is 0 Å². The summed E-state index contributed by atoms with van der Waals surface area (Å²) in [6.07, 6.45) is 0. The quantitative estimate of drug-likeness (QED) is 0.128. The van der Waals surface area contributed by atoms with Crippen LogP contribution in [0.3, 0.4) is 0 Å². The van der Waals surface area contributed by atoms with Crippen LogP contribution in [-0.2, 0) is 0 Å². The number of para-hydroxylation sites is 1. The van der Waals surface area contributed by atoms with Gasteiger partial charge in [0.1, 0.15) is 11.2 Å². The topological polar surface area (TPSA) is 19.6 Å². The van der Waals surface area contributed by atoms with Crippen LogP contribution < -0.4 is 9.80 Å². The SMILES string of the molecule is c1ccc(-c2ccc(N(c3ccc(-c4ccccc4)cc3)c3cc(-c4cc5ccccc5c5ccccc45)cc(N(c4ccc(-c5ccccc5)cc4)c4cccc5oc6ccccc6c45)c3)cc2)cc1. The van der Waals surface area contributed by atoms with Crippen molar-refractivity contribution in [3.05, 3.63) is 279 Å². The van der Waals surface area contributed by atoms with Crippen molar-refractivity contribution in [2.75, 3.05) is 9.80 Å². The van der Waals surface area contributed by atoms with Crippen LogP contribution in [0.1, 0.15) is 0 Å². The minimum absolute atomic E-state index is 0.838. The van der Waals surface area contributed by atoms with E-state index in [2.05, 4.69) is 283 Å². The first-order valence-electron chi connectivity index (χ1n) is 24.2. The molecule has 0 atom stereocenters. The summed E-state index contributed by atoms with van der Waals surface area (Å²) in [6.45, 7) is 0. The van der Waals surface area contributed by atoms with Crippen LogP contribution in [0.15, 0.2) is 283 Å². The Hall–Kier alpha value is -9.44. The lowest BCUT2D eigenvalue weighted by molar-refractivity contribution is 0.669. The predicted molar refractivity (Wildman–Crippen MR) is 300 cm³/mol. The summed E-state index contributed by atoms with van der Waals surface area (Å²) in [4.78, 5) is 4.83. The molecule has 13 rings (SSSR count). The molecule has 0 fully saturated rings. The highest BCUT2D eigenvalue weighted by Gasteiger charge is 2.24. The lowest BCUT2D eigenvalue weighted by Gasteiger charge is -2.31.